The van der Waals surface area contributed by atoms with Crippen molar-refractivity contribution in [3.63, 3.8) is 0 Å². The molecule has 0 saturated carbocycles. The van der Waals surface area contributed by atoms with E-state index in [-0.39, 0.29) is 50.2 Å². The molecule has 0 saturated heterocycles. The molecule has 50 heavy (non-hydrogen) atoms. The van der Waals surface area contributed by atoms with Crippen LogP contribution < -0.4 is 10.6 Å². The van der Waals surface area contributed by atoms with E-state index >= 15 is 0 Å². The lowest BCUT2D eigenvalue weighted by atomic mass is 9.90. The van der Waals surface area contributed by atoms with Gasteiger partial charge in [-0.2, -0.15) is 0 Å². The molecule has 2 amide bonds. The Kier molecular flexibility index (Phi) is 14.5. The van der Waals surface area contributed by atoms with Crippen LogP contribution >= 0.6 is 34.8 Å². The van der Waals surface area contributed by atoms with Gasteiger partial charge in [0.25, 0.3) is 0 Å². The quantitative estimate of drug-likeness (QED) is 0.0767. The first-order chi connectivity index (χ1) is 23.9. The average molecular weight is 746 g/mol. The van der Waals surface area contributed by atoms with Crippen LogP contribution in [0.1, 0.15) is 67.7 Å². The summed E-state index contributed by atoms with van der Waals surface area (Å²) >= 11 is 16.8. The summed E-state index contributed by atoms with van der Waals surface area (Å²) in [5, 5.41) is 14.8. The Labute approximate surface area is 308 Å². The van der Waals surface area contributed by atoms with Gasteiger partial charge in [0, 0.05) is 18.9 Å². The fourth-order valence-electron chi connectivity index (χ4n) is 6.03. The number of carbonyl (C=O) groups excluding carboxylic acids is 4. The van der Waals surface area contributed by atoms with Crippen molar-refractivity contribution in [2.24, 2.45) is 11.8 Å². The number of fused-ring (bicyclic) bond motifs is 3. The van der Waals surface area contributed by atoms with Crippen LogP contribution in [0.5, 0.6) is 0 Å². The number of Topliss-reactive ketones (excluding diaryl/α,β-unsaturated/α-hetero) is 1. The molecule has 3 N–H and O–H groups in total. The van der Waals surface area contributed by atoms with Crippen LogP contribution in [0.25, 0.3) is 11.1 Å². The molecule has 0 fully saturated rings. The Morgan fingerprint density at radius 2 is 1.44 bits per heavy atom. The van der Waals surface area contributed by atoms with Crippen LogP contribution in [0.2, 0.25) is 0 Å². The number of alkyl halides is 3. The van der Waals surface area contributed by atoms with Gasteiger partial charge < -0.3 is 25.2 Å². The molecule has 4 rings (SSSR count). The molecule has 1 aliphatic rings. The number of ether oxygens (including phenoxy) is 2. The van der Waals surface area contributed by atoms with Crippen LogP contribution in [-0.4, -0.2) is 58.5 Å². The third-order valence-electron chi connectivity index (χ3n) is 8.75. The molecule has 2 atom stereocenters. The van der Waals surface area contributed by atoms with Gasteiger partial charge in [-0.15, -0.1) is 0 Å². The van der Waals surface area contributed by atoms with Crippen molar-refractivity contribution >= 4 is 58.6 Å². The maximum atomic E-state index is 13.7. The van der Waals surface area contributed by atoms with E-state index in [1.54, 1.807) is 24.3 Å². The van der Waals surface area contributed by atoms with Gasteiger partial charge in [0.2, 0.25) is 9.70 Å². The number of alkyl carbamates (subject to hydrolysis) is 1. The monoisotopic (exact) mass is 744 g/mol. The number of nitrogens with one attached hydrogen (secondary N) is 2. The first-order valence-electron chi connectivity index (χ1n) is 16.7. The normalized spacial score (nSPS) is 13.6. The van der Waals surface area contributed by atoms with Crippen molar-refractivity contribution in [1.82, 2.24) is 10.6 Å². The van der Waals surface area contributed by atoms with Crippen LogP contribution in [0.3, 0.4) is 0 Å². The Bertz CT molecular complexity index is 1580. The Hall–Kier alpha value is -3.63. The lowest BCUT2D eigenvalue weighted by Crippen LogP contribution is -2.46. The second-order valence-corrected chi connectivity index (χ2v) is 15.3. The summed E-state index contributed by atoms with van der Waals surface area (Å²) in [6.45, 7) is 3.59. The Balaban J connectivity index is 1.36. The Morgan fingerprint density at radius 3 is 2.02 bits per heavy atom. The third kappa shape index (κ3) is 11.5. The van der Waals surface area contributed by atoms with E-state index in [0.717, 1.165) is 33.4 Å². The number of hydrogen-bond donors (Lipinski definition) is 3. The maximum Gasteiger partial charge on any atom is 0.407 e. The number of esters is 1. The first kappa shape index (κ1) is 39.2. The molecule has 9 nitrogen and oxygen atoms in total. The Morgan fingerprint density at radius 1 is 0.840 bits per heavy atom. The highest BCUT2D eigenvalue weighted by Gasteiger charge is 2.32. The van der Waals surface area contributed by atoms with Gasteiger partial charge in [-0.1, -0.05) is 121 Å². The number of rotatable bonds is 17. The lowest BCUT2D eigenvalue weighted by molar-refractivity contribution is -0.148. The number of aliphatic hydroxyl groups is 1. The summed E-state index contributed by atoms with van der Waals surface area (Å²) in [6, 6.07) is 22.3. The largest absolute Gasteiger partial charge is 0.465 e. The van der Waals surface area contributed by atoms with Crippen molar-refractivity contribution in [3.05, 3.63) is 95.1 Å². The highest BCUT2D eigenvalue weighted by Crippen LogP contribution is 2.44. The van der Waals surface area contributed by atoms with Gasteiger partial charge >= 0.3 is 12.1 Å². The number of unbranched alkanes of at least 4 members (excludes halogenated alkanes) is 1. The predicted octanol–water partition coefficient (Wildman–Crippen LogP) is 7.06. The summed E-state index contributed by atoms with van der Waals surface area (Å²) < 4.78 is 8.93. The van der Waals surface area contributed by atoms with Crippen molar-refractivity contribution < 1.29 is 33.8 Å². The molecule has 0 aliphatic heterocycles. The third-order valence-corrected chi connectivity index (χ3v) is 9.07. The topological polar surface area (TPSA) is 131 Å². The minimum atomic E-state index is -1.72. The van der Waals surface area contributed by atoms with Crippen LogP contribution in [-0.2, 0) is 36.9 Å². The van der Waals surface area contributed by atoms with Crippen LogP contribution in [0.15, 0.2) is 72.8 Å². The molecule has 3 aromatic carbocycles. The molecule has 12 heteroatoms. The average Bonchev–Trinajstić information content (AvgIpc) is 3.41. The number of hydrogen-bond acceptors (Lipinski definition) is 7. The van der Waals surface area contributed by atoms with Crippen LogP contribution in [0.4, 0.5) is 4.79 Å². The molecule has 3 aromatic rings. The number of carbonyl (C=O) groups is 4. The molecule has 0 heterocycles. The van der Waals surface area contributed by atoms with Crippen molar-refractivity contribution in [1.29, 1.82) is 0 Å². The standard InChI is InChI=1S/C38H43Cl3N2O7/c1-24(2)31(20-35(46)49-22-32-29-11-5-3-9-27(29)28-10-4-6-12-30(28)32)36(47)43-33(34(45)19-25-14-16-26(21-44)17-15-25)13-7-8-18-42-37(48)50-23-38(39,40)41/h3-6,9-12,14-17,24,31-33,44H,7-8,13,18-23H2,1-2H3,(H,42,48)(H,43,47)/t31-,33-/m0/s1. The molecule has 0 radical (unpaired) electrons. The molecular formula is C38H43Cl3N2O7. The van der Waals surface area contributed by atoms with Gasteiger partial charge in [0.15, 0.2) is 5.78 Å². The number of amides is 2. The van der Waals surface area contributed by atoms with Gasteiger partial charge in [-0.3, -0.25) is 14.4 Å². The minimum absolute atomic E-state index is 0.0665. The number of benzene rings is 3. The van der Waals surface area contributed by atoms with Gasteiger partial charge in [0.1, 0.15) is 13.2 Å². The van der Waals surface area contributed by atoms with Gasteiger partial charge in [-0.25, -0.2) is 4.79 Å². The molecule has 0 spiro atoms. The highest BCUT2D eigenvalue weighted by molar-refractivity contribution is 6.67. The summed E-state index contributed by atoms with van der Waals surface area (Å²) in [4.78, 5) is 52.3. The van der Waals surface area contributed by atoms with Gasteiger partial charge in [-0.05, 0) is 58.6 Å². The summed E-state index contributed by atoms with van der Waals surface area (Å²) in [6.07, 6.45) is 0.474. The van der Waals surface area contributed by atoms with Crippen LogP contribution in [0, 0.1) is 11.8 Å². The molecule has 268 valence electrons. The van der Waals surface area contributed by atoms with Crippen molar-refractivity contribution in [2.75, 3.05) is 19.8 Å². The highest BCUT2D eigenvalue weighted by atomic mass is 35.6. The molecule has 1 aliphatic carbocycles. The van der Waals surface area contributed by atoms with E-state index in [9.17, 15) is 24.3 Å². The molecule has 0 bridgehead atoms. The summed E-state index contributed by atoms with van der Waals surface area (Å²) in [7, 11) is 0. The predicted molar refractivity (Wildman–Crippen MR) is 194 cm³/mol. The van der Waals surface area contributed by atoms with E-state index in [4.69, 9.17) is 44.3 Å². The second-order valence-electron chi connectivity index (χ2n) is 12.8. The first-order valence-corrected chi connectivity index (χ1v) is 17.8. The van der Waals surface area contributed by atoms with E-state index in [1.807, 2.05) is 50.2 Å². The fourth-order valence-corrected chi connectivity index (χ4v) is 6.19. The number of aliphatic hydroxyl groups excluding tert-OH is 1. The number of ketones is 1. The zero-order chi connectivity index (χ0) is 36.3. The van der Waals surface area contributed by atoms with Gasteiger partial charge in [0.05, 0.1) is 25.0 Å². The van der Waals surface area contributed by atoms with Crippen molar-refractivity contribution in [2.45, 2.75) is 68.3 Å². The zero-order valence-electron chi connectivity index (χ0n) is 28.1. The van der Waals surface area contributed by atoms with E-state index in [1.165, 1.54) is 0 Å². The minimum Gasteiger partial charge on any atom is -0.465 e. The summed E-state index contributed by atoms with van der Waals surface area (Å²) in [5.74, 6) is -2.12. The fraction of sp³-hybridized carbons (Fsp3) is 0.421. The number of halogens is 3. The zero-order valence-corrected chi connectivity index (χ0v) is 30.4. The lowest BCUT2D eigenvalue weighted by Gasteiger charge is -2.24. The molecule has 0 aromatic heterocycles. The molecular weight excluding hydrogens is 703 g/mol. The van der Waals surface area contributed by atoms with E-state index < -0.39 is 40.3 Å². The molecule has 0 unspecified atom stereocenters. The van der Waals surface area contributed by atoms with E-state index in [0.29, 0.717) is 19.3 Å². The maximum absolute atomic E-state index is 13.7. The second kappa shape index (κ2) is 18.6. The SMILES string of the molecule is CC(C)[C@H](CC(=O)OCC1c2ccccc2-c2ccccc21)C(=O)N[C@@H](CCCCNC(=O)OCC(Cl)(Cl)Cl)C(=O)Cc1ccc(CO)cc1. The summed E-state index contributed by atoms with van der Waals surface area (Å²) in [5.41, 5.74) is 5.91. The van der Waals surface area contributed by atoms with Crippen molar-refractivity contribution in [3.8, 4) is 11.1 Å². The van der Waals surface area contributed by atoms with E-state index in [2.05, 4.69) is 22.8 Å². The smallest absolute Gasteiger partial charge is 0.407 e.